The van der Waals surface area contributed by atoms with Crippen LogP contribution in [0.1, 0.15) is 5.82 Å². The summed E-state index contributed by atoms with van der Waals surface area (Å²) in [6, 6.07) is 8.08. The molecule has 0 fully saturated rings. The van der Waals surface area contributed by atoms with Gasteiger partial charge >= 0.3 is 0 Å². The molecule has 0 aliphatic rings. The second-order valence-electron chi connectivity index (χ2n) is 5.04. The van der Waals surface area contributed by atoms with E-state index in [1.54, 1.807) is 30.6 Å². The molecular weight excluding hydrogens is 344 g/mol. The SMILES string of the molecule is O=[N+]([O-])c1ccc2nc(CSc3nnc(-c4ccncc4)o3)[nH]c2c1. The largest absolute Gasteiger partial charge is 0.411 e. The lowest BCUT2D eigenvalue weighted by Crippen LogP contribution is -1.86. The smallest absolute Gasteiger partial charge is 0.277 e. The molecule has 25 heavy (non-hydrogen) atoms. The Balaban J connectivity index is 1.49. The van der Waals surface area contributed by atoms with E-state index in [-0.39, 0.29) is 5.69 Å². The summed E-state index contributed by atoms with van der Waals surface area (Å²) in [5.41, 5.74) is 2.11. The number of nitro groups is 1. The summed E-state index contributed by atoms with van der Waals surface area (Å²) in [6.45, 7) is 0. The third kappa shape index (κ3) is 3.19. The van der Waals surface area contributed by atoms with Crippen LogP contribution in [0, 0.1) is 10.1 Å². The van der Waals surface area contributed by atoms with E-state index in [0.29, 0.717) is 33.7 Å². The maximum absolute atomic E-state index is 10.8. The Morgan fingerprint density at radius 1 is 1.20 bits per heavy atom. The number of benzene rings is 1. The van der Waals surface area contributed by atoms with Crippen molar-refractivity contribution < 1.29 is 9.34 Å². The van der Waals surface area contributed by atoms with Crippen LogP contribution in [0.15, 0.2) is 52.4 Å². The van der Waals surface area contributed by atoms with Crippen molar-refractivity contribution >= 4 is 28.5 Å². The van der Waals surface area contributed by atoms with Gasteiger partial charge in [0.25, 0.3) is 10.9 Å². The minimum absolute atomic E-state index is 0.0225. The van der Waals surface area contributed by atoms with Crippen LogP contribution in [0.5, 0.6) is 0 Å². The van der Waals surface area contributed by atoms with Crippen molar-refractivity contribution in [1.29, 1.82) is 0 Å². The quantitative estimate of drug-likeness (QED) is 0.329. The minimum atomic E-state index is -0.437. The molecule has 3 heterocycles. The maximum atomic E-state index is 10.8. The molecule has 4 aromatic rings. The Kier molecular flexibility index (Phi) is 3.86. The molecule has 0 saturated heterocycles. The van der Waals surface area contributed by atoms with Gasteiger partial charge in [-0.2, -0.15) is 0 Å². The highest BCUT2D eigenvalue weighted by Crippen LogP contribution is 2.26. The lowest BCUT2D eigenvalue weighted by molar-refractivity contribution is -0.384. The summed E-state index contributed by atoms with van der Waals surface area (Å²) in [7, 11) is 0. The number of H-pyrrole nitrogens is 1. The van der Waals surface area contributed by atoms with Gasteiger partial charge < -0.3 is 9.40 Å². The molecule has 1 N–H and O–H groups in total. The molecule has 0 aliphatic heterocycles. The summed E-state index contributed by atoms with van der Waals surface area (Å²) in [5, 5.41) is 19.2. The van der Waals surface area contributed by atoms with E-state index in [4.69, 9.17) is 4.42 Å². The molecule has 0 amide bonds. The number of hydrogen-bond acceptors (Lipinski definition) is 8. The Hall–Kier alpha value is -3.27. The lowest BCUT2D eigenvalue weighted by atomic mass is 10.3. The van der Waals surface area contributed by atoms with Gasteiger partial charge in [0.1, 0.15) is 5.82 Å². The van der Waals surface area contributed by atoms with Gasteiger partial charge in [-0.05, 0) is 18.2 Å². The summed E-state index contributed by atoms with van der Waals surface area (Å²) in [5.74, 6) is 1.56. The fraction of sp³-hybridized carbons (Fsp3) is 0.0667. The first-order valence-electron chi connectivity index (χ1n) is 7.19. The van der Waals surface area contributed by atoms with Crippen molar-refractivity contribution in [2.75, 3.05) is 0 Å². The number of pyridine rings is 1. The minimum Gasteiger partial charge on any atom is -0.411 e. The number of hydrogen-bond donors (Lipinski definition) is 1. The average Bonchev–Trinajstić information content (AvgIpc) is 3.26. The number of nitrogens with one attached hydrogen (secondary N) is 1. The van der Waals surface area contributed by atoms with Gasteiger partial charge in [0.15, 0.2) is 0 Å². The molecule has 124 valence electrons. The zero-order valence-corrected chi connectivity index (χ0v) is 13.4. The average molecular weight is 354 g/mol. The highest BCUT2D eigenvalue weighted by atomic mass is 32.2. The highest BCUT2D eigenvalue weighted by Gasteiger charge is 2.12. The van der Waals surface area contributed by atoms with Crippen molar-refractivity contribution in [3.8, 4) is 11.5 Å². The van der Waals surface area contributed by atoms with Crippen molar-refractivity contribution in [1.82, 2.24) is 25.1 Å². The van der Waals surface area contributed by atoms with E-state index in [9.17, 15) is 10.1 Å². The number of nitrogens with zero attached hydrogens (tertiary/aromatic N) is 5. The summed E-state index contributed by atoms with van der Waals surface area (Å²) >= 11 is 1.33. The van der Waals surface area contributed by atoms with E-state index in [1.165, 1.54) is 23.9 Å². The molecular formula is C15H10N6O3S. The number of fused-ring (bicyclic) bond motifs is 1. The number of aromatic amines is 1. The molecule has 1 aromatic carbocycles. The van der Waals surface area contributed by atoms with Crippen LogP contribution >= 0.6 is 11.8 Å². The van der Waals surface area contributed by atoms with E-state index in [2.05, 4.69) is 25.1 Å². The predicted octanol–water partition coefficient (Wildman–Crippen LogP) is 3.21. The summed E-state index contributed by atoms with van der Waals surface area (Å²) < 4.78 is 5.60. The first kappa shape index (κ1) is 15.3. The number of thioether (sulfide) groups is 1. The van der Waals surface area contributed by atoms with Crippen LogP contribution in [0.3, 0.4) is 0 Å². The second kappa shape index (κ2) is 6.32. The molecule has 0 spiro atoms. The standard InChI is InChI=1S/C15H10N6O3S/c22-21(23)10-1-2-11-12(7-10)18-13(17-11)8-25-15-20-19-14(24-15)9-3-5-16-6-4-9/h1-7H,8H2,(H,17,18). The fourth-order valence-electron chi connectivity index (χ4n) is 2.24. The Morgan fingerprint density at radius 3 is 2.84 bits per heavy atom. The van der Waals surface area contributed by atoms with E-state index in [0.717, 1.165) is 5.56 Å². The Morgan fingerprint density at radius 2 is 2.04 bits per heavy atom. The van der Waals surface area contributed by atoms with E-state index >= 15 is 0 Å². The van der Waals surface area contributed by atoms with Gasteiger partial charge in [0.05, 0.1) is 21.7 Å². The van der Waals surface area contributed by atoms with E-state index in [1.807, 2.05) is 0 Å². The van der Waals surface area contributed by atoms with Crippen LogP contribution in [-0.4, -0.2) is 30.1 Å². The molecule has 0 radical (unpaired) electrons. The van der Waals surface area contributed by atoms with Crippen molar-refractivity contribution in [3.63, 3.8) is 0 Å². The Bertz CT molecular complexity index is 1050. The molecule has 0 aliphatic carbocycles. The summed E-state index contributed by atoms with van der Waals surface area (Å²) in [6.07, 6.45) is 3.31. The van der Waals surface area contributed by atoms with Crippen molar-refractivity contribution in [2.24, 2.45) is 0 Å². The molecule has 10 heteroatoms. The lowest BCUT2D eigenvalue weighted by Gasteiger charge is -1.93. The number of rotatable bonds is 5. The molecule has 0 bridgehead atoms. The molecule has 9 nitrogen and oxygen atoms in total. The zero-order valence-electron chi connectivity index (χ0n) is 12.6. The van der Waals surface area contributed by atoms with Crippen LogP contribution in [0.4, 0.5) is 5.69 Å². The molecule has 3 aromatic heterocycles. The highest BCUT2D eigenvalue weighted by molar-refractivity contribution is 7.98. The fourth-order valence-corrected chi connectivity index (χ4v) is 2.88. The maximum Gasteiger partial charge on any atom is 0.277 e. The predicted molar refractivity (Wildman–Crippen MR) is 89.8 cm³/mol. The van der Waals surface area contributed by atoms with Crippen LogP contribution in [0.2, 0.25) is 0 Å². The first-order valence-corrected chi connectivity index (χ1v) is 8.17. The first-order chi connectivity index (χ1) is 12.2. The number of nitro benzene ring substituents is 1. The van der Waals surface area contributed by atoms with Gasteiger partial charge in [0.2, 0.25) is 5.89 Å². The van der Waals surface area contributed by atoms with Crippen LogP contribution in [0.25, 0.3) is 22.5 Å². The third-order valence-electron chi connectivity index (χ3n) is 3.39. The molecule has 0 unspecified atom stereocenters. The third-order valence-corrected chi connectivity index (χ3v) is 4.22. The molecule has 4 rings (SSSR count). The van der Waals surface area contributed by atoms with Crippen molar-refractivity contribution in [3.05, 3.63) is 58.7 Å². The second-order valence-corrected chi connectivity index (χ2v) is 5.97. The number of non-ortho nitro benzene ring substituents is 1. The topological polar surface area (TPSA) is 124 Å². The van der Waals surface area contributed by atoms with Crippen LogP contribution < -0.4 is 0 Å². The van der Waals surface area contributed by atoms with Gasteiger partial charge in [0, 0.05) is 30.1 Å². The van der Waals surface area contributed by atoms with Gasteiger partial charge in [-0.1, -0.05) is 11.8 Å². The normalized spacial score (nSPS) is 11.0. The van der Waals surface area contributed by atoms with E-state index < -0.39 is 4.92 Å². The monoisotopic (exact) mass is 354 g/mol. The zero-order chi connectivity index (χ0) is 17.2. The molecule has 0 saturated carbocycles. The van der Waals surface area contributed by atoms with Gasteiger partial charge in [-0.25, -0.2) is 4.98 Å². The van der Waals surface area contributed by atoms with Gasteiger partial charge in [-0.3, -0.25) is 15.1 Å². The van der Waals surface area contributed by atoms with Crippen molar-refractivity contribution in [2.45, 2.75) is 11.0 Å². The number of aromatic nitrogens is 5. The number of imidazole rings is 1. The Labute approximate surface area is 144 Å². The molecule has 0 atom stereocenters. The summed E-state index contributed by atoms with van der Waals surface area (Å²) in [4.78, 5) is 21.8. The van der Waals surface area contributed by atoms with Crippen LogP contribution in [-0.2, 0) is 5.75 Å². The van der Waals surface area contributed by atoms with Gasteiger partial charge in [-0.15, -0.1) is 10.2 Å².